The average molecular weight is 510 g/mol. The van der Waals surface area contributed by atoms with Crippen LogP contribution in [0.2, 0.25) is 0 Å². The molecule has 0 radical (unpaired) electrons. The fourth-order valence-corrected chi connectivity index (χ4v) is 5.98. The van der Waals surface area contributed by atoms with E-state index in [0.29, 0.717) is 6.42 Å². The van der Waals surface area contributed by atoms with Crippen LogP contribution in [0.1, 0.15) is 82.7 Å². The zero-order chi connectivity index (χ0) is 26.8. The Hall–Kier alpha value is -3.11. The molecular weight excluding hydrogens is 478 g/mol. The second-order valence-electron chi connectivity index (χ2n) is 10.5. The van der Waals surface area contributed by atoms with Crippen LogP contribution in [-0.4, -0.2) is 59.2 Å². The smallest absolute Gasteiger partial charge is 0.198 e. The first-order valence-electron chi connectivity index (χ1n) is 12.4. The molecular formula is C28H31NO8. The van der Waals surface area contributed by atoms with Gasteiger partial charge in [0.1, 0.15) is 17.3 Å². The Morgan fingerprint density at radius 2 is 1.70 bits per heavy atom. The normalized spacial score (nSPS) is 30.9. The lowest BCUT2D eigenvalue weighted by Crippen LogP contribution is -2.53. The lowest BCUT2D eigenvalue weighted by atomic mass is 9.67. The molecule has 6 atom stereocenters. The summed E-state index contributed by atoms with van der Waals surface area (Å²) in [7, 11) is 1.56. The summed E-state index contributed by atoms with van der Waals surface area (Å²) in [5.74, 6) is -2.09. The average Bonchev–Trinajstić information content (AvgIpc) is 2.84. The molecule has 4 N–H and O–H groups in total. The SMILES string of the molecule is CO[C@@H]1[C@H](C)O[C@@H](O[C@H]2C[C@](C)(C(C)=O)Cc3c(O)c4c(c(O)c32)C(=O)c2ccccc2C4=O)C[C@@H]1N. The van der Waals surface area contributed by atoms with E-state index in [1.54, 1.807) is 26.2 Å². The zero-order valence-electron chi connectivity index (χ0n) is 21.2. The monoisotopic (exact) mass is 509 g/mol. The van der Waals surface area contributed by atoms with Gasteiger partial charge >= 0.3 is 0 Å². The third-order valence-electron chi connectivity index (χ3n) is 8.14. The summed E-state index contributed by atoms with van der Waals surface area (Å²) in [6, 6.07) is 5.91. The van der Waals surface area contributed by atoms with Gasteiger partial charge in [0, 0.05) is 47.2 Å². The molecule has 9 heteroatoms. The standard InChI is InChI=1S/C28H31NO8/c1-12-27(35-4)17(29)9-19(36-12)37-18-11-28(3,13(2)30)10-16-20(18)26(34)22-21(25(16)33)23(31)14-7-5-6-8-15(14)24(22)32/h5-8,12,17-19,27,33-34H,9-11,29H2,1-4H3/t12-,17-,18-,19-,27+,28+/m0/s1. The summed E-state index contributed by atoms with van der Waals surface area (Å²) < 4.78 is 17.7. The number of aromatic hydroxyl groups is 2. The molecule has 0 amide bonds. The van der Waals surface area contributed by atoms with Gasteiger partial charge in [-0.15, -0.1) is 0 Å². The van der Waals surface area contributed by atoms with Crippen molar-refractivity contribution in [1.82, 2.24) is 0 Å². The molecule has 196 valence electrons. The van der Waals surface area contributed by atoms with Gasteiger partial charge in [-0.3, -0.25) is 14.4 Å². The summed E-state index contributed by atoms with van der Waals surface area (Å²) >= 11 is 0. The van der Waals surface area contributed by atoms with E-state index in [0.717, 1.165) is 0 Å². The number of hydrogen-bond acceptors (Lipinski definition) is 9. The first-order valence-corrected chi connectivity index (χ1v) is 12.4. The van der Waals surface area contributed by atoms with Crippen molar-refractivity contribution in [2.24, 2.45) is 11.1 Å². The number of ketones is 3. The van der Waals surface area contributed by atoms with Gasteiger partial charge < -0.3 is 30.2 Å². The molecule has 9 nitrogen and oxygen atoms in total. The van der Waals surface area contributed by atoms with Gasteiger partial charge in [-0.05, 0) is 26.7 Å². The van der Waals surface area contributed by atoms with Crippen molar-refractivity contribution < 1.29 is 38.8 Å². The topological polar surface area (TPSA) is 145 Å². The molecule has 1 saturated heterocycles. The Kier molecular flexibility index (Phi) is 6.23. The van der Waals surface area contributed by atoms with Gasteiger partial charge in [-0.1, -0.05) is 31.2 Å². The second-order valence-corrected chi connectivity index (χ2v) is 10.5. The van der Waals surface area contributed by atoms with Gasteiger partial charge in [-0.2, -0.15) is 0 Å². The fourth-order valence-electron chi connectivity index (χ4n) is 5.98. The Morgan fingerprint density at radius 3 is 2.24 bits per heavy atom. The molecule has 0 bridgehead atoms. The van der Waals surface area contributed by atoms with E-state index in [1.807, 2.05) is 6.92 Å². The minimum Gasteiger partial charge on any atom is -0.507 e. The van der Waals surface area contributed by atoms with Crippen molar-refractivity contribution in [3.63, 3.8) is 0 Å². The molecule has 5 rings (SSSR count). The summed E-state index contributed by atoms with van der Waals surface area (Å²) in [4.78, 5) is 39.5. The first kappa shape index (κ1) is 25.5. The molecule has 0 saturated carbocycles. The third kappa shape index (κ3) is 3.88. The number of rotatable bonds is 4. The minimum atomic E-state index is -0.951. The molecule has 37 heavy (non-hydrogen) atoms. The number of Topliss-reactive ketones (excluding diaryl/α,β-unsaturated/α-hetero) is 1. The Bertz CT molecular complexity index is 1310. The lowest BCUT2D eigenvalue weighted by molar-refractivity contribution is -0.248. The number of hydrogen-bond donors (Lipinski definition) is 3. The van der Waals surface area contributed by atoms with Crippen LogP contribution in [-0.2, 0) is 25.4 Å². The minimum absolute atomic E-state index is 0.0699. The molecule has 3 aliphatic rings. The fraction of sp³-hybridized carbons (Fsp3) is 0.464. The number of ether oxygens (including phenoxy) is 3. The van der Waals surface area contributed by atoms with Gasteiger partial charge in [0.25, 0.3) is 0 Å². The number of phenols is 2. The van der Waals surface area contributed by atoms with Crippen LogP contribution in [0.5, 0.6) is 11.5 Å². The third-order valence-corrected chi connectivity index (χ3v) is 8.14. The zero-order valence-corrected chi connectivity index (χ0v) is 21.2. The van der Waals surface area contributed by atoms with Crippen molar-refractivity contribution >= 4 is 17.3 Å². The number of methoxy groups -OCH3 is 1. The van der Waals surface area contributed by atoms with E-state index in [-0.39, 0.29) is 70.3 Å². The van der Waals surface area contributed by atoms with Crippen molar-refractivity contribution in [3.8, 4) is 11.5 Å². The predicted molar refractivity (Wildman–Crippen MR) is 132 cm³/mol. The highest BCUT2D eigenvalue weighted by atomic mass is 16.7. The molecule has 0 spiro atoms. The Labute approximate surface area is 214 Å². The highest BCUT2D eigenvalue weighted by Crippen LogP contribution is 2.54. The largest absolute Gasteiger partial charge is 0.507 e. The van der Waals surface area contributed by atoms with Crippen LogP contribution >= 0.6 is 0 Å². The van der Waals surface area contributed by atoms with E-state index < -0.39 is 40.9 Å². The summed E-state index contributed by atoms with van der Waals surface area (Å²) in [6.45, 7) is 5.03. The molecule has 1 aliphatic heterocycles. The maximum atomic E-state index is 13.4. The number of benzene rings is 2. The van der Waals surface area contributed by atoms with Gasteiger partial charge in [0.2, 0.25) is 0 Å². The van der Waals surface area contributed by atoms with Crippen molar-refractivity contribution in [1.29, 1.82) is 0 Å². The lowest BCUT2D eigenvalue weighted by Gasteiger charge is -2.43. The molecule has 2 aliphatic carbocycles. The molecule has 0 aromatic heterocycles. The summed E-state index contributed by atoms with van der Waals surface area (Å²) in [5, 5.41) is 22.9. The van der Waals surface area contributed by atoms with Crippen molar-refractivity contribution in [2.75, 3.05) is 7.11 Å². The number of carbonyl (C=O) groups is 3. The molecule has 2 aromatic carbocycles. The first-order chi connectivity index (χ1) is 17.5. The van der Waals surface area contributed by atoms with Gasteiger partial charge in [-0.25, -0.2) is 0 Å². The molecule has 2 aromatic rings. The number of carbonyl (C=O) groups excluding carboxylic acids is 3. The van der Waals surface area contributed by atoms with E-state index in [2.05, 4.69) is 0 Å². The number of fused-ring (bicyclic) bond motifs is 3. The van der Waals surface area contributed by atoms with Crippen LogP contribution in [0.25, 0.3) is 0 Å². The van der Waals surface area contributed by atoms with E-state index in [4.69, 9.17) is 19.9 Å². The maximum absolute atomic E-state index is 13.4. The van der Waals surface area contributed by atoms with E-state index >= 15 is 0 Å². The van der Waals surface area contributed by atoms with Crippen LogP contribution < -0.4 is 5.73 Å². The highest BCUT2D eigenvalue weighted by Gasteiger charge is 2.48. The van der Waals surface area contributed by atoms with Crippen molar-refractivity contribution in [2.45, 2.75) is 70.7 Å². The second kappa shape index (κ2) is 9.02. The Balaban J connectivity index is 1.64. The highest BCUT2D eigenvalue weighted by molar-refractivity contribution is 6.30. The van der Waals surface area contributed by atoms with E-state index in [9.17, 15) is 24.6 Å². The predicted octanol–water partition coefficient (Wildman–Crippen LogP) is 2.95. The molecule has 1 heterocycles. The summed E-state index contributed by atoms with van der Waals surface area (Å²) in [6.07, 6.45) is -1.83. The van der Waals surface area contributed by atoms with Crippen LogP contribution in [0, 0.1) is 5.41 Å². The maximum Gasteiger partial charge on any atom is 0.198 e. The van der Waals surface area contributed by atoms with E-state index in [1.165, 1.54) is 19.1 Å². The van der Waals surface area contributed by atoms with Crippen LogP contribution in [0.15, 0.2) is 24.3 Å². The van der Waals surface area contributed by atoms with Gasteiger partial charge in [0.05, 0.1) is 29.4 Å². The number of phenolic OH excluding ortho intramolecular Hbond substituents is 2. The summed E-state index contributed by atoms with van der Waals surface area (Å²) in [5.41, 5.74) is 5.53. The molecule has 0 unspecified atom stereocenters. The van der Waals surface area contributed by atoms with Gasteiger partial charge in [0.15, 0.2) is 17.9 Å². The number of nitrogens with two attached hydrogens (primary N) is 1. The van der Waals surface area contributed by atoms with Crippen LogP contribution in [0.3, 0.4) is 0 Å². The van der Waals surface area contributed by atoms with Crippen LogP contribution in [0.4, 0.5) is 0 Å². The Morgan fingerprint density at radius 1 is 1.11 bits per heavy atom. The quantitative estimate of drug-likeness (QED) is 0.452. The van der Waals surface area contributed by atoms with Crippen molar-refractivity contribution in [3.05, 3.63) is 57.6 Å². The molecule has 1 fully saturated rings.